The number of nitrogens with zero attached hydrogens (tertiary/aromatic N) is 6. The lowest BCUT2D eigenvalue weighted by Crippen LogP contribution is -2.47. The summed E-state index contributed by atoms with van der Waals surface area (Å²) in [6.45, 7) is 5.94. The summed E-state index contributed by atoms with van der Waals surface area (Å²) in [6, 6.07) is 19.5. The van der Waals surface area contributed by atoms with Crippen LogP contribution in [0.25, 0.3) is 0 Å². The zero-order valence-corrected chi connectivity index (χ0v) is 16.1. The number of fused-ring (bicyclic) bond motifs is 1. The molecular weight excluding hydrogens is 348 g/mol. The van der Waals surface area contributed by atoms with E-state index in [-0.39, 0.29) is 0 Å². The molecule has 5 rings (SSSR count). The number of para-hydroxylation sites is 2. The van der Waals surface area contributed by atoms with E-state index in [0.29, 0.717) is 6.04 Å². The number of rotatable bonds is 3. The van der Waals surface area contributed by atoms with Gasteiger partial charge in [-0.2, -0.15) is 10.1 Å². The monoisotopic (exact) mass is 372 g/mol. The average Bonchev–Trinajstić information content (AvgIpc) is 3.10. The Morgan fingerprint density at radius 3 is 2.39 bits per heavy atom. The van der Waals surface area contributed by atoms with Gasteiger partial charge in [0.1, 0.15) is 0 Å². The third-order valence-corrected chi connectivity index (χ3v) is 5.67. The molecule has 1 aromatic heterocycles. The second-order valence-corrected chi connectivity index (χ2v) is 7.48. The van der Waals surface area contributed by atoms with E-state index >= 15 is 0 Å². The fourth-order valence-electron chi connectivity index (χ4n) is 4.25. The quantitative estimate of drug-likeness (QED) is 0.703. The van der Waals surface area contributed by atoms with Gasteiger partial charge in [0.25, 0.3) is 0 Å². The van der Waals surface area contributed by atoms with Crippen molar-refractivity contribution in [3.63, 3.8) is 0 Å². The van der Waals surface area contributed by atoms with E-state index in [1.54, 1.807) is 6.20 Å². The van der Waals surface area contributed by atoms with E-state index < -0.39 is 0 Å². The first-order valence-corrected chi connectivity index (χ1v) is 9.91. The Balaban J connectivity index is 1.35. The highest BCUT2D eigenvalue weighted by atomic mass is 15.4. The molecule has 0 spiro atoms. The van der Waals surface area contributed by atoms with Crippen LogP contribution in [0.3, 0.4) is 0 Å². The molecule has 3 heterocycles. The summed E-state index contributed by atoms with van der Waals surface area (Å²) in [5.41, 5.74) is 3.87. The molecule has 3 aromatic rings. The lowest BCUT2D eigenvalue weighted by molar-refractivity contribution is 0.633. The Kier molecular flexibility index (Phi) is 4.31. The van der Waals surface area contributed by atoms with Gasteiger partial charge in [-0.15, -0.1) is 5.10 Å². The van der Waals surface area contributed by atoms with Crippen LogP contribution in [0.1, 0.15) is 12.5 Å². The van der Waals surface area contributed by atoms with Crippen LogP contribution in [0.2, 0.25) is 0 Å². The Labute approximate surface area is 165 Å². The Hall–Kier alpha value is -3.15. The normalized spacial score (nSPS) is 19.0. The van der Waals surface area contributed by atoms with Gasteiger partial charge >= 0.3 is 0 Å². The van der Waals surface area contributed by atoms with Crippen LogP contribution in [0.15, 0.2) is 60.8 Å². The zero-order valence-electron chi connectivity index (χ0n) is 16.1. The minimum absolute atomic E-state index is 0.372. The van der Waals surface area contributed by atoms with Crippen molar-refractivity contribution in [2.24, 2.45) is 0 Å². The summed E-state index contributed by atoms with van der Waals surface area (Å²) in [5, 5.41) is 8.61. The van der Waals surface area contributed by atoms with Gasteiger partial charge < -0.3 is 14.7 Å². The third-order valence-electron chi connectivity index (χ3n) is 5.67. The molecule has 2 aliphatic heterocycles. The Morgan fingerprint density at radius 2 is 1.57 bits per heavy atom. The molecule has 1 saturated heterocycles. The topological polar surface area (TPSA) is 48.4 Å². The molecule has 0 bridgehead atoms. The maximum Gasteiger partial charge on any atom is 0.247 e. The summed E-state index contributed by atoms with van der Waals surface area (Å²) in [4.78, 5) is 11.8. The number of hydrogen-bond acceptors (Lipinski definition) is 6. The van der Waals surface area contributed by atoms with E-state index in [0.717, 1.165) is 44.4 Å². The maximum absolute atomic E-state index is 4.89. The van der Waals surface area contributed by atoms with Crippen LogP contribution in [-0.2, 0) is 6.42 Å². The van der Waals surface area contributed by atoms with Crippen LogP contribution in [0.4, 0.5) is 23.1 Å². The summed E-state index contributed by atoms with van der Waals surface area (Å²) < 4.78 is 0. The molecule has 0 radical (unpaired) electrons. The molecule has 1 unspecified atom stereocenters. The minimum Gasteiger partial charge on any atom is -0.368 e. The molecule has 0 N–H and O–H groups in total. The predicted molar refractivity (Wildman–Crippen MR) is 112 cm³/mol. The van der Waals surface area contributed by atoms with Gasteiger partial charge in [-0.05, 0) is 37.1 Å². The fourth-order valence-corrected chi connectivity index (χ4v) is 4.25. The van der Waals surface area contributed by atoms with Crippen molar-refractivity contribution in [2.75, 3.05) is 40.9 Å². The van der Waals surface area contributed by atoms with Crippen molar-refractivity contribution < 1.29 is 0 Å². The second kappa shape index (κ2) is 7.11. The molecule has 2 aliphatic rings. The highest BCUT2D eigenvalue weighted by Crippen LogP contribution is 2.37. The van der Waals surface area contributed by atoms with Crippen LogP contribution in [0.5, 0.6) is 0 Å². The SMILES string of the molecule is CC1Cc2ccccc2N1c1cnnc(N2CCN(c3ccccc3)CC2)n1. The molecule has 28 heavy (non-hydrogen) atoms. The first-order valence-electron chi connectivity index (χ1n) is 9.91. The number of piperazine rings is 1. The molecular formula is C22H24N6. The zero-order chi connectivity index (χ0) is 18.9. The second-order valence-electron chi connectivity index (χ2n) is 7.48. The fraction of sp³-hybridized carbons (Fsp3) is 0.318. The minimum atomic E-state index is 0.372. The smallest absolute Gasteiger partial charge is 0.247 e. The standard InChI is InChI=1S/C22H24N6/c1-17-15-18-7-5-6-10-20(18)28(17)21-16-23-25-22(24-21)27-13-11-26(12-14-27)19-8-3-2-4-9-19/h2-10,16-17H,11-15H2,1H3. The largest absolute Gasteiger partial charge is 0.368 e. The van der Waals surface area contributed by atoms with E-state index in [1.807, 2.05) is 0 Å². The average molecular weight is 372 g/mol. The molecule has 6 nitrogen and oxygen atoms in total. The molecule has 0 amide bonds. The van der Waals surface area contributed by atoms with Crippen molar-refractivity contribution in [3.05, 3.63) is 66.4 Å². The summed E-state index contributed by atoms with van der Waals surface area (Å²) in [6.07, 6.45) is 2.81. The third kappa shape index (κ3) is 3.05. The van der Waals surface area contributed by atoms with Crippen LogP contribution in [-0.4, -0.2) is 47.4 Å². The summed E-state index contributed by atoms with van der Waals surface area (Å²) >= 11 is 0. The van der Waals surface area contributed by atoms with Crippen LogP contribution >= 0.6 is 0 Å². The first-order chi connectivity index (χ1) is 13.8. The molecule has 1 atom stereocenters. The van der Waals surface area contributed by atoms with Gasteiger partial charge in [0.2, 0.25) is 5.95 Å². The molecule has 1 fully saturated rings. The van der Waals surface area contributed by atoms with Gasteiger partial charge in [0, 0.05) is 43.6 Å². The number of benzene rings is 2. The molecule has 6 heteroatoms. The molecule has 2 aromatic carbocycles. The van der Waals surface area contributed by atoms with Gasteiger partial charge in [-0.25, -0.2) is 0 Å². The first kappa shape index (κ1) is 17.0. The van der Waals surface area contributed by atoms with Crippen molar-refractivity contribution in [1.82, 2.24) is 15.2 Å². The number of hydrogen-bond donors (Lipinski definition) is 0. The lowest BCUT2D eigenvalue weighted by Gasteiger charge is -2.36. The maximum atomic E-state index is 4.89. The van der Waals surface area contributed by atoms with E-state index in [2.05, 4.69) is 86.4 Å². The Morgan fingerprint density at radius 1 is 0.857 bits per heavy atom. The summed E-state index contributed by atoms with van der Waals surface area (Å²) in [5.74, 6) is 1.61. The molecule has 142 valence electrons. The van der Waals surface area contributed by atoms with Crippen LogP contribution < -0.4 is 14.7 Å². The van der Waals surface area contributed by atoms with Gasteiger partial charge in [0.05, 0.1) is 6.20 Å². The van der Waals surface area contributed by atoms with Crippen molar-refractivity contribution >= 4 is 23.1 Å². The lowest BCUT2D eigenvalue weighted by atomic mass is 10.1. The van der Waals surface area contributed by atoms with Gasteiger partial charge in [0.15, 0.2) is 5.82 Å². The van der Waals surface area contributed by atoms with E-state index in [1.165, 1.54) is 16.9 Å². The highest BCUT2D eigenvalue weighted by molar-refractivity contribution is 5.68. The summed E-state index contributed by atoms with van der Waals surface area (Å²) in [7, 11) is 0. The van der Waals surface area contributed by atoms with Crippen molar-refractivity contribution in [2.45, 2.75) is 19.4 Å². The van der Waals surface area contributed by atoms with E-state index in [4.69, 9.17) is 4.98 Å². The molecule has 0 aliphatic carbocycles. The van der Waals surface area contributed by atoms with E-state index in [9.17, 15) is 0 Å². The highest BCUT2D eigenvalue weighted by Gasteiger charge is 2.29. The van der Waals surface area contributed by atoms with Gasteiger partial charge in [-0.1, -0.05) is 36.4 Å². The van der Waals surface area contributed by atoms with Gasteiger partial charge in [-0.3, -0.25) is 0 Å². The predicted octanol–water partition coefficient (Wildman–Crippen LogP) is 3.28. The number of anilines is 4. The molecule has 0 saturated carbocycles. The Bertz CT molecular complexity index is 952. The van der Waals surface area contributed by atoms with Crippen LogP contribution in [0, 0.1) is 0 Å². The van der Waals surface area contributed by atoms with Crippen molar-refractivity contribution in [3.8, 4) is 0 Å². The van der Waals surface area contributed by atoms with Crippen molar-refractivity contribution in [1.29, 1.82) is 0 Å². The number of aromatic nitrogens is 3.